The fourth-order valence-electron chi connectivity index (χ4n) is 4.43. The van der Waals surface area contributed by atoms with Crippen LogP contribution in [0.2, 0.25) is 0 Å². The number of nitrogens with one attached hydrogen (secondary N) is 2. The molecule has 0 bridgehead atoms. The average Bonchev–Trinajstić information content (AvgIpc) is 3.34. The molecule has 1 fully saturated rings. The second-order valence-corrected chi connectivity index (χ2v) is 10.4. The van der Waals surface area contributed by atoms with Crippen molar-refractivity contribution in [3.05, 3.63) is 35.9 Å². The Kier molecular flexibility index (Phi) is 11.1. The molecular weight excluding hydrogens is 517 g/mol. The molecule has 1 aliphatic heterocycles. The second kappa shape index (κ2) is 13.6. The molecule has 12 heteroatoms. The molecule has 39 heavy (non-hydrogen) atoms. The number of hydrogen-bond donors (Lipinski definition) is 2. The number of benzene rings is 1. The summed E-state index contributed by atoms with van der Waals surface area (Å²) >= 11 is 0. The Hall–Kier alpha value is -3.44. The van der Waals surface area contributed by atoms with Crippen LogP contribution in [0.5, 0.6) is 0 Å². The van der Waals surface area contributed by atoms with Gasteiger partial charge in [-0.05, 0) is 30.2 Å². The molecular formula is C27H37F3N4O5. The van der Waals surface area contributed by atoms with Gasteiger partial charge < -0.3 is 20.4 Å². The van der Waals surface area contributed by atoms with Crippen LogP contribution in [-0.2, 0) is 30.5 Å². The Labute approximate surface area is 226 Å². The zero-order valence-corrected chi connectivity index (χ0v) is 22.9. The van der Waals surface area contributed by atoms with E-state index in [9.17, 15) is 37.1 Å². The van der Waals surface area contributed by atoms with E-state index in [1.807, 2.05) is 30.3 Å². The van der Waals surface area contributed by atoms with E-state index in [4.69, 9.17) is 0 Å². The van der Waals surface area contributed by atoms with Crippen LogP contribution < -0.4 is 10.6 Å². The van der Waals surface area contributed by atoms with Crippen LogP contribution in [0.1, 0.15) is 53.0 Å². The average molecular weight is 555 g/mol. The van der Waals surface area contributed by atoms with Crippen LogP contribution in [0, 0.1) is 11.8 Å². The van der Waals surface area contributed by atoms with Gasteiger partial charge in [-0.15, -0.1) is 0 Å². The smallest absolute Gasteiger partial charge is 0.344 e. The van der Waals surface area contributed by atoms with Gasteiger partial charge in [0.15, 0.2) is 0 Å². The van der Waals surface area contributed by atoms with Crippen molar-refractivity contribution in [1.82, 2.24) is 20.4 Å². The lowest BCUT2D eigenvalue weighted by Crippen LogP contribution is -2.58. The van der Waals surface area contributed by atoms with Crippen LogP contribution in [0.25, 0.3) is 0 Å². The minimum atomic E-state index is -5.12. The Morgan fingerprint density at radius 3 is 2.08 bits per heavy atom. The van der Waals surface area contributed by atoms with Gasteiger partial charge in [-0.1, -0.05) is 58.0 Å². The first kappa shape index (κ1) is 31.8. The van der Waals surface area contributed by atoms with E-state index in [0.717, 1.165) is 5.56 Å². The third-order valence-corrected chi connectivity index (χ3v) is 6.61. The van der Waals surface area contributed by atoms with Crippen molar-refractivity contribution in [2.75, 3.05) is 13.1 Å². The first-order valence-corrected chi connectivity index (χ1v) is 12.9. The molecule has 0 aliphatic carbocycles. The maximum absolute atomic E-state index is 13.5. The maximum atomic E-state index is 13.5. The Bertz CT molecular complexity index is 1050. The SMILES string of the molecule is CC(=O)N(CC(=O)N[C@H](C(=O)N1CCC[C@H]1C(=O)N[C@H](C(=O)C(F)(F)F)C(C)C)C(C)C)Cc1ccccc1. The van der Waals surface area contributed by atoms with Crippen LogP contribution in [0.15, 0.2) is 30.3 Å². The van der Waals surface area contributed by atoms with Gasteiger partial charge in [0, 0.05) is 20.0 Å². The summed E-state index contributed by atoms with van der Waals surface area (Å²) in [4.78, 5) is 65.9. The van der Waals surface area contributed by atoms with Crippen LogP contribution >= 0.6 is 0 Å². The standard InChI is InChI=1S/C27H37F3N4O5/c1-16(2)22(24(37)27(28,29)30)32-25(38)20-12-9-13-34(20)26(39)23(17(3)4)31-21(36)15-33(18(5)35)14-19-10-7-6-8-11-19/h6-8,10-11,16-17,20,22-23H,9,12-15H2,1-5H3,(H,31,36)(H,32,38)/t20-,22-,23-/m0/s1. The van der Waals surface area contributed by atoms with Crippen molar-refractivity contribution >= 4 is 29.4 Å². The lowest BCUT2D eigenvalue weighted by molar-refractivity contribution is -0.175. The summed E-state index contributed by atoms with van der Waals surface area (Å²) in [5.41, 5.74) is 0.826. The molecule has 4 amide bonds. The van der Waals surface area contributed by atoms with Crippen LogP contribution in [0.4, 0.5) is 13.2 Å². The Morgan fingerprint density at radius 2 is 1.56 bits per heavy atom. The van der Waals surface area contributed by atoms with E-state index in [2.05, 4.69) is 10.6 Å². The highest BCUT2D eigenvalue weighted by molar-refractivity contribution is 5.97. The maximum Gasteiger partial charge on any atom is 0.452 e. The molecule has 0 saturated carbocycles. The van der Waals surface area contributed by atoms with Crippen LogP contribution in [-0.4, -0.2) is 76.6 Å². The zero-order chi connectivity index (χ0) is 29.5. The summed E-state index contributed by atoms with van der Waals surface area (Å²) in [6.07, 6.45) is -4.48. The van der Waals surface area contributed by atoms with E-state index < -0.39 is 53.7 Å². The van der Waals surface area contributed by atoms with E-state index in [1.54, 1.807) is 13.8 Å². The van der Waals surface area contributed by atoms with Crippen molar-refractivity contribution in [2.45, 2.75) is 78.3 Å². The summed E-state index contributed by atoms with van der Waals surface area (Å²) in [5.74, 6) is -5.57. The molecule has 1 heterocycles. The van der Waals surface area contributed by atoms with Gasteiger partial charge in [-0.3, -0.25) is 24.0 Å². The summed E-state index contributed by atoms with van der Waals surface area (Å²) < 4.78 is 39.1. The molecule has 1 aromatic rings. The second-order valence-electron chi connectivity index (χ2n) is 10.4. The lowest BCUT2D eigenvalue weighted by Gasteiger charge is -2.32. The highest BCUT2D eigenvalue weighted by Gasteiger charge is 2.46. The summed E-state index contributed by atoms with van der Waals surface area (Å²) in [6, 6.07) is 5.20. The predicted molar refractivity (Wildman–Crippen MR) is 137 cm³/mol. The summed E-state index contributed by atoms with van der Waals surface area (Å²) in [5, 5.41) is 4.85. The summed E-state index contributed by atoms with van der Waals surface area (Å²) in [7, 11) is 0. The number of carbonyl (C=O) groups excluding carboxylic acids is 5. The van der Waals surface area contributed by atoms with Crippen molar-refractivity contribution in [3.63, 3.8) is 0 Å². The third kappa shape index (κ3) is 8.79. The molecule has 2 rings (SSSR count). The minimum Gasteiger partial charge on any atom is -0.344 e. The largest absolute Gasteiger partial charge is 0.452 e. The van der Waals surface area contributed by atoms with E-state index in [1.165, 1.54) is 30.6 Å². The molecule has 0 aromatic heterocycles. The molecule has 9 nitrogen and oxygen atoms in total. The molecule has 216 valence electrons. The number of carbonyl (C=O) groups is 5. The normalized spacial score (nSPS) is 17.1. The molecule has 0 unspecified atom stereocenters. The summed E-state index contributed by atoms with van der Waals surface area (Å²) in [6.45, 7) is 7.60. The number of ketones is 1. The van der Waals surface area contributed by atoms with Crippen molar-refractivity contribution in [2.24, 2.45) is 11.8 Å². The van der Waals surface area contributed by atoms with Gasteiger partial charge in [-0.25, -0.2) is 0 Å². The predicted octanol–water partition coefficient (Wildman–Crippen LogP) is 2.44. The van der Waals surface area contributed by atoms with E-state index >= 15 is 0 Å². The van der Waals surface area contributed by atoms with Crippen molar-refractivity contribution in [3.8, 4) is 0 Å². The molecule has 0 radical (unpaired) electrons. The fourth-order valence-corrected chi connectivity index (χ4v) is 4.43. The number of nitrogens with zero attached hydrogens (tertiary/aromatic N) is 2. The fraction of sp³-hybridized carbons (Fsp3) is 0.593. The number of alkyl halides is 3. The zero-order valence-electron chi connectivity index (χ0n) is 22.9. The number of amides is 4. The van der Waals surface area contributed by atoms with E-state index in [-0.39, 0.29) is 37.9 Å². The molecule has 1 aromatic carbocycles. The third-order valence-electron chi connectivity index (χ3n) is 6.61. The van der Waals surface area contributed by atoms with Gasteiger partial charge in [0.25, 0.3) is 5.78 Å². The Morgan fingerprint density at radius 1 is 0.974 bits per heavy atom. The monoisotopic (exact) mass is 554 g/mol. The van der Waals surface area contributed by atoms with Gasteiger partial charge in [0.2, 0.25) is 23.6 Å². The van der Waals surface area contributed by atoms with E-state index in [0.29, 0.717) is 6.42 Å². The molecule has 3 atom stereocenters. The van der Waals surface area contributed by atoms with Gasteiger partial charge in [0.05, 0.1) is 12.6 Å². The number of likely N-dealkylation sites (tertiary alicyclic amines) is 1. The molecule has 1 saturated heterocycles. The highest BCUT2D eigenvalue weighted by Crippen LogP contribution is 2.24. The van der Waals surface area contributed by atoms with Crippen LogP contribution in [0.3, 0.4) is 0 Å². The molecule has 1 aliphatic rings. The minimum absolute atomic E-state index is 0.170. The number of hydrogen-bond acceptors (Lipinski definition) is 5. The molecule has 2 N–H and O–H groups in total. The number of rotatable bonds is 11. The highest BCUT2D eigenvalue weighted by atomic mass is 19.4. The number of Topliss-reactive ketones (excluding diaryl/α,β-unsaturated/α-hetero) is 1. The topological polar surface area (TPSA) is 116 Å². The first-order valence-electron chi connectivity index (χ1n) is 12.9. The first-order chi connectivity index (χ1) is 18.1. The molecule has 0 spiro atoms. The Balaban J connectivity index is 2.12. The quantitative estimate of drug-likeness (QED) is 0.436. The number of halogens is 3. The van der Waals surface area contributed by atoms with Gasteiger partial charge in [0.1, 0.15) is 12.1 Å². The van der Waals surface area contributed by atoms with Gasteiger partial charge in [-0.2, -0.15) is 13.2 Å². The van der Waals surface area contributed by atoms with Crippen molar-refractivity contribution in [1.29, 1.82) is 0 Å². The lowest BCUT2D eigenvalue weighted by atomic mass is 9.98. The van der Waals surface area contributed by atoms with Gasteiger partial charge >= 0.3 is 6.18 Å². The van der Waals surface area contributed by atoms with Crippen molar-refractivity contribution < 1.29 is 37.1 Å².